The molecule has 1 aliphatic carbocycles. The highest BCUT2D eigenvalue weighted by Crippen LogP contribution is 2.34. The van der Waals surface area contributed by atoms with Gasteiger partial charge >= 0.3 is 0 Å². The Morgan fingerprint density at radius 1 is 1.15 bits per heavy atom. The van der Waals surface area contributed by atoms with Crippen molar-refractivity contribution in [1.29, 1.82) is 0 Å². The first-order chi connectivity index (χ1) is 13.2. The van der Waals surface area contributed by atoms with E-state index in [-0.39, 0.29) is 12.1 Å². The number of amides is 1. The minimum Gasteiger partial charge on any atom is -0.373 e. The van der Waals surface area contributed by atoms with Crippen molar-refractivity contribution >= 4 is 5.91 Å². The molecular formula is C21H34N4O2. The van der Waals surface area contributed by atoms with E-state index in [9.17, 15) is 4.79 Å². The van der Waals surface area contributed by atoms with Crippen LogP contribution in [-0.4, -0.2) is 64.4 Å². The quantitative estimate of drug-likeness (QED) is 0.795. The summed E-state index contributed by atoms with van der Waals surface area (Å²) in [4.78, 5) is 17.8. The van der Waals surface area contributed by atoms with Gasteiger partial charge < -0.3 is 14.5 Å². The molecular weight excluding hydrogens is 340 g/mol. The zero-order valence-electron chi connectivity index (χ0n) is 16.7. The van der Waals surface area contributed by atoms with Crippen LogP contribution >= 0.6 is 0 Å². The molecule has 3 aliphatic rings. The predicted octanol–water partition coefficient (Wildman–Crippen LogP) is 2.75. The van der Waals surface area contributed by atoms with Crippen molar-refractivity contribution in [3.63, 3.8) is 0 Å². The Morgan fingerprint density at radius 3 is 2.63 bits per heavy atom. The van der Waals surface area contributed by atoms with E-state index >= 15 is 0 Å². The number of aryl methyl sites for hydroxylation is 1. The topological polar surface area (TPSA) is 50.6 Å². The number of nitrogens with zero attached hydrogens (tertiary/aromatic N) is 4. The van der Waals surface area contributed by atoms with E-state index in [1.807, 2.05) is 17.9 Å². The van der Waals surface area contributed by atoms with Crippen LogP contribution in [0.2, 0.25) is 0 Å². The third-order valence-electron chi connectivity index (χ3n) is 6.56. The van der Waals surface area contributed by atoms with Crippen molar-refractivity contribution in [3.8, 4) is 0 Å². The van der Waals surface area contributed by atoms with Gasteiger partial charge in [-0.05, 0) is 44.7 Å². The van der Waals surface area contributed by atoms with Gasteiger partial charge in [0.25, 0.3) is 0 Å². The van der Waals surface area contributed by atoms with E-state index < -0.39 is 0 Å². The molecule has 150 valence electrons. The lowest BCUT2D eigenvalue weighted by molar-refractivity contribution is -0.149. The molecule has 0 N–H and O–H groups in total. The zero-order chi connectivity index (χ0) is 18.6. The fraction of sp³-hybridized carbons (Fsp3) is 0.810. The summed E-state index contributed by atoms with van der Waals surface area (Å²) in [6, 6.07) is -0.0109. The first-order valence-corrected chi connectivity index (χ1v) is 10.8. The van der Waals surface area contributed by atoms with Gasteiger partial charge in [-0.2, -0.15) is 5.10 Å². The molecule has 2 atom stereocenters. The lowest BCUT2D eigenvalue weighted by atomic mass is 9.97. The minimum atomic E-state index is -0.0109. The van der Waals surface area contributed by atoms with Crippen molar-refractivity contribution in [2.24, 2.45) is 13.0 Å². The minimum absolute atomic E-state index is 0.0109. The first-order valence-electron chi connectivity index (χ1n) is 10.8. The summed E-state index contributed by atoms with van der Waals surface area (Å²) in [7, 11) is 1.94. The third-order valence-corrected chi connectivity index (χ3v) is 6.56. The van der Waals surface area contributed by atoms with Gasteiger partial charge in [-0.3, -0.25) is 9.48 Å². The van der Waals surface area contributed by atoms with Gasteiger partial charge in [0.15, 0.2) is 0 Å². The second kappa shape index (κ2) is 8.74. The summed E-state index contributed by atoms with van der Waals surface area (Å²) in [5.41, 5.74) is 1.11. The van der Waals surface area contributed by atoms with Crippen LogP contribution in [0.15, 0.2) is 12.4 Å². The average Bonchev–Trinajstić information content (AvgIpc) is 3.34. The number of likely N-dealkylation sites (tertiary alicyclic amines) is 1. The fourth-order valence-electron chi connectivity index (χ4n) is 5.13. The molecule has 1 saturated carbocycles. The molecule has 3 heterocycles. The Labute approximate surface area is 162 Å². The average molecular weight is 375 g/mol. The maximum Gasteiger partial charge on any atom is 0.223 e. The summed E-state index contributed by atoms with van der Waals surface area (Å²) < 4.78 is 8.07. The normalized spacial score (nSPS) is 28.0. The van der Waals surface area contributed by atoms with Crippen LogP contribution in [-0.2, 0) is 16.6 Å². The molecule has 0 radical (unpaired) electrons. The van der Waals surface area contributed by atoms with Crippen LogP contribution in [0.5, 0.6) is 0 Å². The van der Waals surface area contributed by atoms with Gasteiger partial charge in [0.05, 0.1) is 24.9 Å². The van der Waals surface area contributed by atoms with E-state index in [0.717, 1.165) is 25.2 Å². The van der Waals surface area contributed by atoms with E-state index in [1.165, 1.54) is 44.9 Å². The Hall–Kier alpha value is -1.40. The van der Waals surface area contributed by atoms with E-state index in [4.69, 9.17) is 4.74 Å². The molecule has 4 rings (SSSR count). The number of ether oxygens (including phenoxy) is 1. The van der Waals surface area contributed by atoms with Crippen molar-refractivity contribution in [2.75, 3.05) is 32.8 Å². The monoisotopic (exact) mass is 374 g/mol. The van der Waals surface area contributed by atoms with Gasteiger partial charge in [-0.25, -0.2) is 0 Å². The van der Waals surface area contributed by atoms with E-state index in [0.29, 0.717) is 31.4 Å². The molecule has 2 aliphatic heterocycles. The van der Waals surface area contributed by atoms with Crippen LogP contribution in [0.3, 0.4) is 0 Å². The van der Waals surface area contributed by atoms with Crippen molar-refractivity contribution in [1.82, 2.24) is 19.6 Å². The Bertz CT molecular complexity index is 619. The van der Waals surface area contributed by atoms with Gasteiger partial charge in [0.2, 0.25) is 5.91 Å². The Morgan fingerprint density at radius 2 is 1.93 bits per heavy atom. The molecule has 6 nitrogen and oxygen atoms in total. The maximum atomic E-state index is 13.2. The summed E-state index contributed by atoms with van der Waals surface area (Å²) >= 11 is 0. The van der Waals surface area contributed by atoms with Crippen molar-refractivity contribution in [3.05, 3.63) is 18.0 Å². The van der Waals surface area contributed by atoms with Crippen LogP contribution in [0.1, 0.15) is 63.0 Å². The largest absolute Gasteiger partial charge is 0.373 e. The number of rotatable bonds is 5. The molecule has 0 unspecified atom stereocenters. The summed E-state index contributed by atoms with van der Waals surface area (Å²) in [6.45, 7) is 4.55. The van der Waals surface area contributed by atoms with Crippen molar-refractivity contribution in [2.45, 2.75) is 63.5 Å². The van der Waals surface area contributed by atoms with Crippen LogP contribution in [0.25, 0.3) is 0 Å². The molecule has 3 fully saturated rings. The molecule has 1 amide bonds. The fourth-order valence-corrected chi connectivity index (χ4v) is 5.13. The van der Waals surface area contributed by atoms with Gasteiger partial charge in [-0.15, -0.1) is 0 Å². The zero-order valence-corrected chi connectivity index (χ0v) is 16.7. The molecule has 27 heavy (non-hydrogen) atoms. The van der Waals surface area contributed by atoms with E-state index in [2.05, 4.69) is 21.1 Å². The highest BCUT2D eigenvalue weighted by Gasteiger charge is 2.38. The SMILES string of the molecule is Cn1cc([C@H]2[C@H](CN3CCCCC3)OCCN2C(=O)CC2CCCC2)cn1. The number of aromatic nitrogens is 2. The predicted molar refractivity (Wildman–Crippen MR) is 104 cm³/mol. The van der Waals surface area contributed by atoms with Gasteiger partial charge in [-0.1, -0.05) is 19.3 Å². The molecule has 6 heteroatoms. The first kappa shape index (κ1) is 18.9. The van der Waals surface area contributed by atoms with Gasteiger partial charge in [0.1, 0.15) is 0 Å². The van der Waals surface area contributed by atoms with Crippen molar-refractivity contribution < 1.29 is 9.53 Å². The van der Waals surface area contributed by atoms with Crippen LogP contribution in [0.4, 0.5) is 0 Å². The summed E-state index contributed by atoms with van der Waals surface area (Å²) in [5, 5.41) is 4.38. The third kappa shape index (κ3) is 4.54. The van der Waals surface area contributed by atoms with Gasteiger partial charge in [0, 0.05) is 38.3 Å². The molecule has 2 saturated heterocycles. The Kier molecular flexibility index (Phi) is 6.13. The van der Waals surface area contributed by atoms with Crippen LogP contribution in [0, 0.1) is 5.92 Å². The summed E-state index contributed by atoms with van der Waals surface area (Å²) in [5.74, 6) is 0.887. The number of hydrogen-bond donors (Lipinski definition) is 0. The number of hydrogen-bond acceptors (Lipinski definition) is 4. The highest BCUT2D eigenvalue weighted by atomic mass is 16.5. The number of carbonyl (C=O) groups excluding carboxylic acids is 1. The summed E-state index contributed by atoms with van der Waals surface area (Å²) in [6.07, 6.45) is 13.6. The standard InChI is InChI=1S/C21H34N4O2/c1-23-15-18(14-22-23)21-19(16-24-9-5-2-6-10-24)27-12-11-25(21)20(26)13-17-7-3-4-8-17/h14-15,17,19,21H,2-13,16H2,1H3/t19-,21-/m0/s1. The highest BCUT2D eigenvalue weighted by molar-refractivity contribution is 5.77. The lowest BCUT2D eigenvalue weighted by Crippen LogP contribution is -2.52. The molecule has 1 aromatic heterocycles. The number of morpholine rings is 1. The maximum absolute atomic E-state index is 13.2. The Balaban J connectivity index is 1.51. The van der Waals surface area contributed by atoms with E-state index in [1.54, 1.807) is 0 Å². The second-order valence-corrected chi connectivity index (χ2v) is 8.60. The second-order valence-electron chi connectivity index (χ2n) is 8.60. The molecule has 1 aromatic rings. The molecule has 0 aromatic carbocycles. The molecule has 0 spiro atoms. The smallest absolute Gasteiger partial charge is 0.223 e. The number of piperidine rings is 1. The molecule has 0 bridgehead atoms. The number of carbonyl (C=O) groups is 1. The van der Waals surface area contributed by atoms with Crippen LogP contribution < -0.4 is 0 Å². The lowest BCUT2D eigenvalue weighted by Gasteiger charge is -2.43.